The summed E-state index contributed by atoms with van der Waals surface area (Å²) in [6.07, 6.45) is -2.24. The van der Waals surface area contributed by atoms with Gasteiger partial charge in [-0.3, -0.25) is 0 Å². The summed E-state index contributed by atoms with van der Waals surface area (Å²) in [7, 11) is 0. The standard InChI is InChI=1S/C21H14Cl2F3NO3/c22-15-5-4-10(21(24,25)26)6-17(15)27-8-14-18-13(7-16(23)19(14)29-9-27)11-2-1-3-12(11)20(28)30-18/h4-7H,1-3,8-9H2. The van der Waals surface area contributed by atoms with Crippen LogP contribution in [0.4, 0.5) is 18.9 Å². The minimum Gasteiger partial charge on any atom is -0.471 e. The van der Waals surface area contributed by atoms with E-state index in [-0.39, 0.29) is 24.0 Å². The van der Waals surface area contributed by atoms with Gasteiger partial charge < -0.3 is 14.1 Å². The Bertz CT molecular complexity index is 1250. The summed E-state index contributed by atoms with van der Waals surface area (Å²) in [6, 6.07) is 4.85. The molecule has 0 bridgehead atoms. The molecule has 1 aliphatic heterocycles. The van der Waals surface area contributed by atoms with E-state index in [1.54, 1.807) is 11.0 Å². The smallest absolute Gasteiger partial charge is 0.416 e. The highest BCUT2D eigenvalue weighted by molar-refractivity contribution is 6.33. The molecule has 0 amide bonds. The Kier molecular flexibility index (Phi) is 4.45. The molecular weight excluding hydrogens is 442 g/mol. The van der Waals surface area contributed by atoms with Crippen molar-refractivity contribution in [1.82, 2.24) is 0 Å². The highest BCUT2D eigenvalue weighted by Crippen LogP contribution is 2.43. The van der Waals surface area contributed by atoms with E-state index in [2.05, 4.69) is 0 Å². The lowest BCUT2D eigenvalue weighted by molar-refractivity contribution is -0.137. The zero-order valence-corrected chi connectivity index (χ0v) is 16.9. The maximum Gasteiger partial charge on any atom is 0.416 e. The van der Waals surface area contributed by atoms with Gasteiger partial charge in [0.1, 0.15) is 11.3 Å². The molecule has 0 saturated carbocycles. The van der Waals surface area contributed by atoms with Gasteiger partial charge in [0.25, 0.3) is 0 Å². The zero-order valence-electron chi connectivity index (χ0n) is 15.4. The Morgan fingerprint density at radius 2 is 1.77 bits per heavy atom. The molecule has 0 fully saturated rings. The lowest BCUT2D eigenvalue weighted by Gasteiger charge is -2.32. The molecule has 5 rings (SSSR count). The SMILES string of the molecule is O=c1oc2c3c(c(Cl)cc2c2c1CCC2)OCN(c1cc(C(F)(F)F)ccc1Cl)C3. The molecule has 0 N–H and O–H groups in total. The first-order chi connectivity index (χ1) is 14.2. The molecule has 0 saturated heterocycles. The van der Waals surface area contributed by atoms with Crippen LogP contribution in [0.1, 0.15) is 28.7 Å². The monoisotopic (exact) mass is 455 g/mol. The van der Waals surface area contributed by atoms with Gasteiger partial charge in [-0.1, -0.05) is 23.2 Å². The second kappa shape index (κ2) is 6.82. The number of nitrogens with zero attached hydrogens (tertiary/aromatic N) is 1. The van der Waals surface area contributed by atoms with Crippen LogP contribution in [0.3, 0.4) is 0 Å². The minimum absolute atomic E-state index is 0.0472. The number of anilines is 1. The fraction of sp³-hybridized carbons (Fsp3) is 0.286. The van der Waals surface area contributed by atoms with E-state index in [9.17, 15) is 18.0 Å². The van der Waals surface area contributed by atoms with Gasteiger partial charge in [-0.2, -0.15) is 13.2 Å². The van der Waals surface area contributed by atoms with Crippen molar-refractivity contribution in [1.29, 1.82) is 0 Å². The number of alkyl halides is 3. The van der Waals surface area contributed by atoms with Gasteiger partial charge >= 0.3 is 11.8 Å². The Labute approximate surface area is 178 Å². The first kappa shape index (κ1) is 19.6. The quantitative estimate of drug-likeness (QED) is 0.424. The van der Waals surface area contributed by atoms with Crippen LogP contribution in [0.15, 0.2) is 33.5 Å². The summed E-state index contributed by atoms with van der Waals surface area (Å²) < 4.78 is 50.9. The maximum atomic E-state index is 13.2. The molecule has 2 aliphatic rings. The van der Waals surface area contributed by atoms with Crippen molar-refractivity contribution in [3.63, 3.8) is 0 Å². The number of fused-ring (bicyclic) bond motifs is 5. The molecule has 9 heteroatoms. The van der Waals surface area contributed by atoms with E-state index in [4.69, 9.17) is 32.4 Å². The summed E-state index contributed by atoms with van der Waals surface area (Å²) in [6.45, 7) is 0.0869. The minimum atomic E-state index is -4.50. The van der Waals surface area contributed by atoms with E-state index in [1.165, 1.54) is 6.07 Å². The molecule has 0 spiro atoms. The Hall–Kier alpha value is -2.38. The first-order valence-corrected chi connectivity index (χ1v) is 10.0. The lowest BCUT2D eigenvalue weighted by Crippen LogP contribution is -2.32. The number of rotatable bonds is 1. The molecule has 30 heavy (non-hydrogen) atoms. The van der Waals surface area contributed by atoms with Gasteiger partial charge in [-0.05, 0) is 49.1 Å². The van der Waals surface area contributed by atoms with Gasteiger partial charge in [-0.15, -0.1) is 0 Å². The molecule has 156 valence electrons. The van der Waals surface area contributed by atoms with Crippen LogP contribution in [0.25, 0.3) is 11.0 Å². The normalized spacial score (nSPS) is 15.8. The average Bonchev–Trinajstić information content (AvgIpc) is 3.19. The molecule has 0 radical (unpaired) electrons. The Morgan fingerprint density at radius 3 is 2.53 bits per heavy atom. The van der Waals surface area contributed by atoms with Crippen molar-refractivity contribution in [2.45, 2.75) is 32.0 Å². The highest BCUT2D eigenvalue weighted by Gasteiger charge is 2.33. The molecule has 2 aromatic carbocycles. The molecule has 1 aromatic heterocycles. The molecular formula is C21H14Cl2F3NO3. The number of hydrogen-bond acceptors (Lipinski definition) is 4. The van der Waals surface area contributed by atoms with Crippen molar-refractivity contribution in [2.24, 2.45) is 0 Å². The van der Waals surface area contributed by atoms with Crippen LogP contribution in [0.5, 0.6) is 5.75 Å². The summed E-state index contributed by atoms with van der Waals surface area (Å²) in [5, 5.41) is 1.27. The molecule has 0 atom stereocenters. The van der Waals surface area contributed by atoms with Gasteiger partial charge in [0.15, 0.2) is 6.73 Å². The summed E-state index contributed by atoms with van der Waals surface area (Å²) in [4.78, 5) is 14.0. The van der Waals surface area contributed by atoms with Gasteiger partial charge in [0.05, 0.1) is 33.4 Å². The third-order valence-electron chi connectivity index (χ3n) is 5.59. The summed E-state index contributed by atoms with van der Waals surface area (Å²) in [5.41, 5.74) is 1.42. The van der Waals surface area contributed by atoms with E-state index < -0.39 is 17.4 Å². The van der Waals surface area contributed by atoms with Crippen molar-refractivity contribution in [2.75, 3.05) is 11.6 Å². The number of halogens is 5. The molecule has 4 nitrogen and oxygen atoms in total. The van der Waals surface area contributed by atoms with E-state index in [0.29, 0.717) is 33.9 Å². The van der Waals surface area contributed by atoms with Crippen molar-refractivity contribution < 1.29 is 22.3 Å². The zero-order chi connectivity index (χ0) is 21.2. The predicted molar refractivity (Wildman–Crippen MR) is 108 cm³/mol. The van der Waals surface area contributed by atoms with Crippen LogP contribution >= 0.6 is 23.2 Å². The second-order valence-electron chi connectivity index (χ2n) is 7.38. The van der Waals surface area contributed by atoms with E-state index >= 15 is 0 Å². The van der Waals surface area contributed by atoms with Crippen molar-refractivity contribution >= 4 is 39.9 Å². The summed E-state index contributed by atoms with van der Waals surface area (Å²) >= 11 is 12.6. The average molecular weight is 456 g/mol. The molecule has 3 aromatic rings. The fourth-order valence-corrected chi connectivity index (χ4v) is 4.71. The maximum absolute atomic E-state index is 13.2. The lowest BCUT2D eigenvalue weighted by atomic mass is 10.0. The van der Waals surface area contributed by atoms with E-state index in [1.807, 2.05) is 0 Å². The number of aryl methyl sites for hydroxylation is 1. The second-order valence-corrected chi connectivity index (χ2v) is 8.19. The molecule has 0 unspecified atom stereocenters. The van der Waals surface area contributed by atoms with Gasteiger partial charge in [0.2, 0.25) is 0 Å². The van der Waals surface area contributed by atoms with Crippen LogP contribution in [-0.2, 0) is 25.6 Å². The number of benzene rings is 2. The van der Waals surface area contributed by atoms with E-state index in [0.717, 1.165) is 35.9 Å². The summed E-state index contributed by atoms with van der Waals surface area (Å²) in [5.74, 6) is 0.365. The first-order valence-electron chi connectivity index (χ1n) is 9.28. The number of hydrogen-bond donors (Lipinski definition) is 0. The van der Waals surface area contributed by atoms with Crippen molar-refractivity contribution in [3.05, 3.63) is 67.0 Å². The molecule has 1 aliphatic carbocycles. The third kappa shape index (κ3) is 3.03. The topological polar surface area (TPSA) is 42.7 Å². The van der Waals surface area contributed by atoms with Crippen molar-refractivity contribution in [3.8, 4) is 5.75 Å². The van der Waals surface area contributed by atoms with Gasteiger partial charge in [-0.25, -0.2) is 4.79 Å². The third-order valence-corrected chi connectivity index (χ3v) is 6.19. The van der Waals surface area contributed by atoms with Crippen LogP contribution in [0.2, 0.25) is 10.0 Å². The van der Waals surface area contributed by atoms with Crippen LogP contribution in [0, 0.1) is 0 Å². The highest BCUT2D eigenvalue weighted by atomic mass is 35.5. The molecule has 2 heterocycles. The van der Waals surface area contributed by atoms with Crippen LogP contribution in [-0.4, -0.2) is 6.73 Å². The fourth-order valence-electron chi connectivity index (χ4n) is 4.19. The Balaban J connectivity index is 1.66. The Morgan fingerprint density at radius 1 is 1.00 bits per heavy atom. The predicted octanol–water partition coefficient (Wildman–Crippen LogP) is 5.96. The van der Waals surface area contributed by atoms with Gasteiger partial charge in [0, 0.05) is 10.9 Å². The van der Waals surface area contributed by atoms with Crippen LogP contribution < -0.4 is 15.3 Å². The largest absolute Gasteiger partial charge is 0.471 e. The number of ether oxygens (including phenoxy) is 1.